The van der Waals surface area contributed by atoms with Gasteiger partial charge in [-0.1, -0.05) is 215 Å². The van der Waals surface area contributed by atoms with E-state index in [1.54, 1.807) is 0 Å². The van der Waals surface area contributed by atoms with Gasteiger partial charge in [0.1, 0.15) is 13.2 Å². The Bertz CT molecular complexity index is 1160. The Morgan fingerprint density at radius 2 is 0.672 bits per heavy atom. The van der Waals surface area contributed by atoms with Crippen LogP contribution < -0.4 is 0 Å². The summed E-state index contributed by atoms with van der Waals surface area (Å²) in [5, 5.41) is 0. The van der Waals surface area contributed by atoms with E-state index in [-0.39, 0.29) is 31.1 Å². The van der Waals surface area contributed by atoms with Gasteiger partial charge in [0, 0.05) is 19.3 Å². The molecule has 6 nitrogen and oxygen atoms in total. The highest BCUT2D eigenvalue weighted by Crippen LogP contribution is 2.14. The highest BCUT2D eigenvalue weighted by molar-refractivity contribution is 5.71. The van der Waals surface area contributed by atoms with Crippen LogP contribution in [0.4, 0.5) is 0 Å². The molecule has 6 heteroatoms. The average Bonchev–Trinajstić information content (AvgIpc) is 3.22. The Labute approximate surface area is 356 Å². The summed E-state index contributed by atoms with van der Waals surface area (Å²) >= 11 is 0. The van der Waals surface area contributed by atoms with Crippen molar-refractivity contribution in [2.75, 3.05) is 13.2 Å². The maximum atomic E-state index is 12.7. The third-order valence-corrected chi connectivity index (χ3v) is 9.80. The van der Waals surface area contributed by atoms with Gasteiger partial charge in [0.25, 0.3) is 0 Å². The second-order valence-corrected chi connectivity index (χ2v) is 15.4. The number of esters is 3. The minimum Gasteiger partial charge on any atom is -0.462 e. The van der Waals surface area contributed by atoms with Gasteiger partial charge in [-0.3, -0.25) is 14.4 Å². The second kappa shape index (κ2) is 46.3. The third kappa shape index (κ3) is 43.7. The van der Waals surface area contributed by atoms with Crippen molar-refractivity contribution in [1.29, 1.82) is 0 Å². The normalized spacial score (nSPS) is 12.8. The van der Waals surface area contributed by atoms with E-state index in [1.807, 2.05) is 18.2 Å². The highest BCUT2D eigenvalue weighted by Gasteiger charge is 2.19. The number of unbranched alkanes of at least 4 members (excludes halogenated alkanes) is 21. The minimum atomic E-state index is -0.790. The van der Waals surface area contributed by atoms with E-state index in [0.29, 0.717) is 19.3 Å². The summed E-state index contributed by atoms with van der Waals surface area (Å²) in [7, 11) is 0. The van der Waals surface area contributed by atoms with E-state index < -0.39 is 6.10 Å². The molecule has 0 aromatic rings. The van der Waals surface area contributed by atoms with Gasteiger partial charge < -0.3 is 14.2 Å². The Kier molecular flexibility index (Phi) is 43.6. The fourth-order valence-corrected chi connectivity index (χ4v) is 6.27. The number of ether oxygens (including phenoxy) is 3. The molecule has 0 fully saturated rings. The minimum absolute atomic E-state index is 0.0891. The van der Waals surface area contributed by atoms with Gasteiger partial charge in [-0.05, 0) is 57.8 Å². The van der Waals surface area contributed by atoms with Crippen LogP contribution in [0.5, 0.6) is 0 Å². The lowest BCUT2D eigenvalue weighted by Crippen LogP contribution is -2.30. The molecule has 1 unspecified atom stereocenters. The number of carbonyl (C=O) groups excluding carboxylic acids is 3. The summed E-state index contributed by atoms with van der Waals surface area (Å²) in [5.74, 6) is -0.932. The Hall–Kier alpha value is -3.41. The molecule has 330 valence electrons. The van der Waals surface area contributed by atoms with E-state index in [0.717, 1.165) is 96.3 Å². The number of carbonyl (C=O) groups is 3. The number of hydrogen-bond acceptors (Lipinski definition) is 6. The Morgan fingerprint density at radius 1 is 0.362 bits per heavy atom. The molecule has 58 heavy (non-hydrogen) atoms. The standard InChI is InChI=1S/C52H86O6/c1-4-7-10-13-16-19-22-24-26-28-30-33-36-39-42-45-51(54)57-48-49(47-56-50(53)44-41-38-35-32-21-18-15-12-9-6-3)58-52(55)46-43-40-37-34-31-29-27-25-23-20-17-14-11-8-5-2/h7-8,10-11,13-14,16-17,19-20,22-24,26,49H,4-6,9,12,15,18,21,25,27-48H2,1-3H3/b10-7-,11-8-,16-13-,17-14-,22-19-,23-20-,26-24-. The van der Waals surface area contributed by atoms with Crippen molar-refractivity contribution in [3.8, 4) is 0 Å². The summed E-state index contributed by atoms with van der Waals surface area (Å²) in [6.07, 6.45) is 58.4. The lowest BCUT2D eigenvalue weighted by Gasteiger charge is -2.18. The van der Waals surface area contributed by atoms with Crippen molar-refractivity contribution in [1.82, 2.24) is 0 Å². The zero-order chi connectivity index (χ0) is 42.3. The molecule has 0 amide bonds. The first-order chi connectivity index (χ1) is 28.5. The van der Waals surface area contributed by atoms with Gasteiger partial charge >= 0.3 is 17.9 Å². The van der Waals surface area contributed by atoms with Crippen molar-refractivity contribution in [3.05, 3.63) is 85.1 Å². The Morgan fingerprint density at radius 3 is 1.05 bits per heavy atom. The molecule has 0 radical (unpaired) electrons. The summed E-state index contributed by atoms with van der Waals surface area (Å²) in [6.45, 7) is 6.31. The topological polar surface area (TPSA) is 78.9 Å². The highest BCUT2D eigenvalue weighted by atomic mass is 16.6. The number of allylic oxidation sites excluding steroid dienone is 14. The molecule has 0 rings (SSSR count). The molecule has 0 spiro atoms. The molecule has 0 saturated heterocycles. The summed E-state index contributed by atoms with van der Waals surface area (Å²) in [5.41, 5.74) is 0. The molecule has 0 heterocycles. The first-order valence-electron chi connectivity index (χ1n) is 23.7. The molecule has 0 saturated carbocycles. The predicted molar refractivity (Wildman–Crippen MR) is 247 cm³/mol. The van der Waals surface area contributed by atoms with Crippen LogP contribution in [-0.4, -0.2) is 37.2 Å². The zero-order valence-corrected chi connectivity index (χ0v) is 37.5. The molecule has 0 aliphatic carbocycles. The molecule has 1 atom stereocenters. The van der Waals surface area contributed by atoms with Gasteiger partial charge in [-0.2, -0.15) is 0 Å². The van der Waals surface area contributed by atoms with E-state index in [1.165, 1.54) is 70.6 Å². The largest absolute Gasteiger partial charge is 0.462 e. The monoisotopic (exact) mass is 807 g/mol. The SMILES string of the molecule is CC\C=C/C=C\C=C/C=C\CCCCCCCC(=O)OCC(COC(=O)CCCCCCCCCCCC)OC(=O)CCCCCCCCC\C=C/C=C\C=C/CC. The Balaban J connectivity index is 4.44. The van der Waals surface area contributed by atoms with Crippen molar-refractivity contribution >= 4 is 17.9 Å². The van der Waals surface area contributed by atoms with Crippen LogP contribution in [0.15, 0.2) is 85.1 Å². The lowest BCUT2D eigenvalue weighted by molar-refractivity contribution is -0.167. The summed E-state index contributed by atoms with van der Waals surface area (Å²) in [4.78, 5) is 37.8. The van der Waals surface area contributed by atoms with Crippen LogP contribution in [0, 0.1) is 0 Å². The molecule has 0 aliphatic heterocycles. The second-order valence-electron chi connectivity index (χ2n) is 15.4. The van der Waals surface area contributed by atoms with E-state index >= 15 is 0 Å². The van der Waals surface area contributed by atoms with E-state index in [2.05, 4.69) is 87.6 Å². The lowest BCUT2D eigenvalue weighted by atomic mass is 10.1. The molecular formula is C52H86O6. The molecular weight excluding hydrogens is 721 g/mol. The smallest absolute Gasteiger partial charge is 0.306 e. The molecule has 0 aromatic carbocycles. The number of rotatable bonds is 41. The third-order valence-electron chi connectivity index (χ3n) is 9.80. The van der Waals surface area contributed by atoms with Crippen molar-refractivity contribution in [2.45, 2.75) is 213 Å². The van der Waals surface area contributed by atoms with Gasteiger partial charge in [-0.25, -0.2) is 0 Å². The van der Waals surface area contributed by atoms with Crippen LogP contribution in [0.25, 0.3) is 0 Å². The van der Waals surface area contributed by atoms with Gasteiger partial charge in [0.2, 0.25) is 0 Å². The van der Waals surface area contributed by atoms with Crippen LogP contribution in [0.2, 0.25) is 0 Å². The quantitative estimate of drug-likeness (QED) is 0.0265. The zero-order valence-electron chi connectivity index (χ0n) is 37.5. The summed E-state index contributed by atoms with van der Waals surface area (Å²) in [6, 6.07) is 0. The van der Waals surface area contributed by atoms with E-state index in [9.17, 15) is 14.4 Å². The molecule has 0 aliphatic rings. The molecule has 0 bridgehead atoms. The maximum absolute atomic E-state index is 12.7. The molecule has 0 aromatic heterocycles. The molecule has 0 N–H and O–H groups in total. The van der Waals surface area contributed by atoms with Gasteiger partial charge in [-0.15, -0.1) is 0 Å². The van der Waals surface area contributed by atoms with Gasteiger partial charge in [0.05, 0.1) is 0 Å². The van der Waals surface area contributed by atoms with E-state index in [4.69, 9.17) is 14.2 Å². The van der Waals surface area contributed by atoms with Crippen molar-refractivity contribution in [3.63, 3.8) is 0 Å². The van der Waals surface area contributed by atoms with Crippen LogP contribution in [-0.2, 0) is 28.6 Å². The van der Waals surface area contributed by atoms with Crippen LogP contribution >= 0.6 is 0 Å². The fourth-order valence-electron chi connectivity index (χ4n) is 6.27. The first kappa shape index (κ1) is 54.6. The summed E-state index contributed by atoms with van der Waals surface area (Å²) < 4.78 is 16.7. The fraction of sp³-hybridized carbons (Fsp3) is 0.673. The first-order valence-corrected chi connectivity index (χ1v) is 23.7. The van der Waals surface area contributed by atoms with Crippen LogP contribution in [0.1, 0.15) is 207 Å². The van der Waals surface area contributed by atoms with Crippen molar-refractivity contribution in [2.24, 2.45) is 0 Å². The average molecular weight is 807 g/mol. The predicted octanol–water partition coefficient (Wildman–Crippen LogP) is 15.3. The van der Waals surface area contributed by atoms with Gasteiger partial charge in [0.15, 0.2) is 6.10 Å². The van der Waals surface area contributed by atoms with Crippen molar-refractivity contribution < 1.29 is 28.6 Å². The number of hydrogen-bond donors (Lipinski definition) is 0. The maximum Gasteiger partial charge on any atom is 0.306 e. The van der Waals surface area contributed by atoms with Crippen LogP contribution in [0.3, 0.4) is 0 Å².